The molecule has 0 heterocycles. The molecule has 0 spiro atoms. The summed E-state index contributed by atoms with van der Waals surface area (Å²) in [5.41, 5.74) is 10.9. The maximum absolute atomic E-state index is 12.1. The lowest BCUT2D eigenvalue weighted by atomic mass is 10.1. The number of anilines is 1. The van der Waals surface area contributed by atoms with E-state index >= 15 is 0 Å². The van der Waals surface area contributed by atoms with Crippen molar-refractivity contribution < 1.29 is 9.53 Å². The number of nitrogen functional groups attached to an aromatic ring is 1. The van der Waals surface area contributed by atoms with Crippen molar-refractivity contribution in [2.75, 3.05) is 12.8 Å². The van der Waals surface area contributed by atoms with E-state index in [2.05, 4.69) is 10.5 Å². The normalized spacial score (nSPS) is 11.0. The van der Waals surface area contributed by atoms with Gasteiger partial charge in [0.2, 0.25) is 0 Å². The Bertz CT molecular complexity index is 681. The number of nitrogens with one attached hydrogen (secondary N) is 1. The van der Waals surface area contributed by atoms with Crippen LogP contribution in [0.15, 0.2) is 53.6 Å². The number of hydrogen-bond donors (Lipinski definition) is 2. The van der Waals surface area contributed by atoms with Crippen LogP contribution in [0.5, 0.6) is 5.75 Å². The summed E-state index contributed by atoms with van der Waals surface area (Å²) < 4.78 is 5.15. The molecule has 5 nitrogen and oxygen atoms in total. The lowest BCUT2D eigenvalue weighted by Gasteiger charge is -2.07. The topological polar surface area (TPSA) is 76.7 Å². The van der Waals surface area contributed by atoms with E-state index in [1.807, 2.05) is 12.1 Å². The van der Waals surface area contributed by atoms with Gasteiger partial charge in [0.25, 0.3) is 5.91 Å². The van der Waals surface area contributed by atoms with Crippen molar-refractivity contribution in [2.24, 2.45) is 5.10 Å². The Morgan fingerprint density at radius 3 is 2.67 bits per heavy atom. The van der Waals surface area contributed by atoms with Crippen LogP contribution in [0.1, 0.15) is 22.8 Å². The third-order valence-corrected chi connectivity index (χ3v) is 2.98. The van der Waals surface area contributed by atoms with E-state index in [0.29, 0.717) is 22.7 Å². The highest BCUT2D eigenvalue weighted by Gasteiger charge is 2.10. The first kappa shape index (κ1) is 14.6. The fraction of sp³-hybridized carbons (Fsp3) is 0.125. The first-order valence-electron chi connectivity index (χ1n) is 6.45. The lowest BCUT2D eigenvalue weighted by molar-refractivity contribution is 0.0952. The van der Waals surface area contributed by atoms with Gasteiger partial charge in [-0.15, -0.1) is 0 Å². The van der Waals surface area contributed by atoms with Gasteiger partial charge in [0.15, 0.2) is 0 Å². The lowest BCUT2D eigenvalue weighted by Crippen LogP contribution is -2.20. The molecule has 0 saturated heterocycles. The summed E-state index contributed by atoms with van der Waals surface area (Å²) in [7, 11) is 1.52. The minimum absolute atomic E-state index is 0.323. The molecule has 0 radical (unpaired) electrons. The maximum Gasteiger partial charge on any atom is 0.275 e. The van der Waals surface area contributed by atoms with Crippen LogP contribution in [0.25, 0.3) is 0 Å². The largest absolute Gasteiger partial charge is 0.496 e. The first-order chi connectivity index (χ1) is 10.1. The molecule has 2 aromatic carbocycles. The minimum atomic E-state index is -0.323. The summed E-state index contributed by atoms with van der Waals surface area (Å²) >= 11 is 0. The zero-order valence-corrected chi connectivity index (χ0v) is 12.0. The van der Waals surface area contributed by atoms with E-state index in [9.17, 15) is 4.79 Å². The third kappa shape index (κ3) is 3.60. The summed E-state index contributed by atoms with van der Waals surface area (Å²) in [6.07, 6.45) is 0. The molecule has 3 N–H and O–H groups in total. The van der Waals surface area contributed by atoms with Crippen LogP contribution in [0.3, 0.4) is 0 Å². The summed E-state index contributed by atoms with van der Waals surface area (Å²) in [6, 6.07) is 14.3. The average Bonchev–Trinajstić information content (AvgIpc) is 2.52. The summed E-state index contributed by atoms with van der Waals surface area (Å²) in [5.74, 6) is 0.183. The van der Waals surface area contributed by atoms with Gasteiger partial charge < -0.3 is 10.5 Å². The monoisotopic (exact) mass is 283 g/mol. The van der Waals surface area contributed by atoms with Crippen molar-refractivity contribution in [2.45, 2.75) is 6.92 Å². The molecule has 0 unspecified atom stereocenters. The second kappa shape index (κ2) is 6.56. The number of para-hydroxylation sites is 1. The second-order valence-electron chi connectivity index (χ2n) is 4.46. The molecule has 0 aliphatic rings. The Labute approximate surface area is 123 Å². The maximum atomic E-state index is 12.1. The number of rotatable bonds is 4. The number of ether oxygens (including phenoxy) is 1. The molecule has 0 aromatic heterocycles. The molecule has 108 valence electrons. The minimum Gasteiger partial charge on any atom is -0.496 e. The molecular formula is C16H17N3O2. The van der Waals surface area contributed by atoms with E-state index in [-0.39, 0.29) is 5.91 Å². The van der Waals surface area contributed by atoms with Gasteiger partial charge in [-0.05, 0) is 36.8 Å². The average molecular weight is 283 g/mol. The van der Waals surface area contributed by atoms with Gasteiger partial charge in [-0.1, -0.05) is 24.3 Å². The van der Waals surface area contributed by atoms with Crippen molar-refractivity contribution in [3.63, 3.8) is 0 Å². The number of benzene rings is 2. The van der Waals surface area contributed by atoms with E-state index in [0.717, 1.165) is 5.56 Å². The zero-order chi connectivity index (χ0) is 15.2. The Kier molecular flexibility index (Phi) is 4.56. The van der Waals surface area contributed by atoms with Gasteiger partial charge in [-0.25, -0.2) is 5.43 Å². The second-order valence-corrected chi connectivity index (χ2v) is 4.46. The number of carbonyl (C=O) groups is 1. The molecular weight excluding hydrogens is 266 g/mol. The molecule has 0 aliphatic carbocycles. The molecule has 0 bridgehead atoms. The van der Waals surface area contributed by atoms with Crippen LogP contribution in [0.4, 0.5) is 5.69 Å². The van der Waals surface area contributed by atoms with Crippen LogP contribution in [-0.4, -0.2) is 18.7 Å². The third-order valence-electron chi connectivity index (χ3n) is 2.98. The summed E-state index contributed by atoms with van der Waals surface area (Å²) in [5, 5.41) is 4.09. The number of methoxy groups -OCH3 is 1. The van der Waals surface area contributed by atoms with E-state index in [1.54, 1.807) is 43.3 Å². The van der Waals surface area contributed by atoms with Crippen molar-refractivity contribution >= 4 is 17.3 Å². The Hall–Kier alpha value is -2.82. The van der Waals surface area contributed by atoms with E-state index in [1.165, 1.54) is 7.11 Å². The van der Waals surface area contributed by atoms with Crippen LogP contribution in [0, 0.1) is 0 Å². The molecule has 5 heteroatoms. The fourth-order valence-electron chi connectivity index (χ4n) is 1.86. The van der Waals surface area contributed by atoms with Crippen LogP contribution in [0.2, 0.25) is 0 Å². The van der Waals surface area contributed by atoms with Crippen LogP contribution >= 0.6 is 0 Å². The van der Waals surface area contributed by atoms with E-state index in [4.69, 9.17) is 10.5 Å². The van der Waals surface area contributed by atoms with E-state index < -0.39 is 0 Å². The number of hydrogen-bond acceptors (Lipinski definition) is 4. The van der Waals surface area contributed by atoms with Gasteiger partial charge in [-0.2, -0.15) is 5.10 Å². The molecule has 2 rings (SSSR count). The predicted octanol–water partition coefficient (Wildman–Crippen LogP) is 2.43. The number of amides is 1. The van der Waals surface area contributed by atoms with Crippen molar-refractivity contribution in [3.8, 4) is 5.75 Å². The van der Waals surface area contributed by atoms with Crippen molar-refractivity contribution in [1.82, 2.24) is 5.43 Å². The highest BCUT2D eigenvalue weighted by Crippen LogP contribution is 2.16. The molecule has 0 saturated carbocycles. The number of nitrogens with two attached hydrogens (primary N) is 1. The Balaban J connectivity index is 2.15. The summed E-state index contributed by atoms with van der Waals surface area (Å²) in [4.78, 5) is 12.1. The molecule has 0 atom stereocenters. The van der Waals surface area contributed by atoms with Gasteiger partial charge in [-0.3, -0.25) is 4.79 Å². The van der Waals surface area contributed by atoms with Gasteiger partial charge in [0.05, 0.1) is 18.4 Å². The van der Waals surface area contributed by atoms with Gasteiger partial charge in [0.1, 0.15) is 5.75 Å². The smallest absolute Gasteiger partial charge is 0.275 e. The standard InChI is InChI=1S/C16H17N3O2/c1-11(12-6-5-7-13(17)10-12)18-19-16(20)14-8-3-4-9-15(14)21-2/h3-10H,17H2,1-2H3,(H,19,20)/b18-11-. The predicted molar refractivity (Wildman–Crippen MR) is 83.5 cm³/mol. The number of nitrogens with zero attached hydrogens (tertiary/aromatic N) is 1. The van der Waals surface area contributed by atoms with Crippen LogP contribution < -0.4 is 15.9 Å². The van der Waals surface area contributed by atoms with Gasteiger partial charge >= 0.3 is 0 Å². The van der Waals surface area contributed by atoms with Crippen LogP contribution in [-0.2, 0) is 0 Å². The zero-order valence-electron chi connectivity index (χ0n) is 12.0. The Morgan fingerprint density at radius 2 is 1.95 bits per heavy atom. The SMILES string of the molecule is COc1ccccc1C(=O)N/N=C(/C)c1cccc(N)c1. The quantitative estimate of drug-likeness (QED) is 0.514. The molecule has 1 amide bonds. The molecule has 0 fully saturated rings. The highest BCUT2D eigenvalue weighted by atomic mass is 16.5. The van der Waals surface area contributed by atoms with Crippen molar-refractivity contribution in [3.05, 3.63) is 59.7 Å². The molecule has 0 aliphatic heterocycles. The first-order valence-corrected chi connectivity index (χ1v) is 6.45. The molecule has 2 aromatic rings. The fourth-order valence-corrected chi connectivity index (χ4v) is 1.86. The highest BCUT2D eigenvalue weighted by molar-refractivity contribution is 6.02. The Morgan fingerprint density at radius 1 is 1.19 bits per heavy atom. The number of hydrazone groups is 1. The molecule has 21 heavy (non-hydrogen) atoms. The number of carbonyl (C=O) groups excluding carboxylic acids is 1. The van der Waals surface area contributed by atoms with Gasteiger partial charge in [0, 0.05) is 5.69 Å². The van der Waals surface area contributed by atoms with Crippen molar-refractivity contribution in [1.29, 1.82) is 0 Å². The summed E-state index contributed by atoms with van der Waals surface area (Å²) in [6.45, 7) is 1.80.